The third kappa shape index (κ3) is 1.89. The van der Waals surface area contributed by atoms with E-state index in [1.807, 2.05) is 0 Å². The van der Waals surface area contributed by atoms with Crippen LogP contribution in [0.4, 0.5) is 0 Å². The molecule has 66 valence electrons. The quantitative estimate of drug-likeness (QED) is 0.598. The van der Waals surface area contributed by atoms with Crippen LogP contribution in [0.15, 0.2) is 23.5 Å². The molecule has 0 bridgehead atoms. The van der Waals surface area contributed by atoms with E-state index >= 15 is 0 Å². The van der Waals surface area contributed by atoms with Gasteiger partial charge in [-0.25, -0.2) is 0 Å². The van der Waals surface area contributed by atoms with Gasteiger partial charge >= 0.3 is 0 Å². The molecule has 0 amide bonds. The van der Waals surface area contributed by atoms with E-state index in [1.54, 1.807) is 0 Å². The van der Waals surface area contributed by atoms with Gasteiger partial charge in [-0.05, 0) is 18.9 Å². The van der Waals surface area contributed by atoms with Crippen molar-refractivity contribution in [3.63, 3.8) is 0 Å². The molecule has 0 spiro atoms. The van der Waals surface area contributed by atoms with Crippen molar-refractivity contribution < 1.29 is 9.47 Å². The molecule has 0 saturated carbocycles. The number of hydrogen-bond acceptors (Lipinski definition) is 2. The summed E-state index contributed by atoms with van der Waals surface area (Å²) in [5.74, 6) is 1.15. The molecule has 0 N–H and O–H groups in total. The van der Waals surface area contributed by atoms with Gasteiger partial charge in [-0.15, -0.1) is 0 Å². The van der Waals surface area contributed by atoms with E-state index in [9.17, 15) is 0 Å². The van der Waals surface area contributed by atoms with Crippen molar-refractivity contribution >= 4 is 0 Å². The summed E-state index contributed by atoms with van der Waals surface area (Å²) in [6.45, 7) is 3.71. The molecule has 12 heavy (non-hydrogen) atoms. The molecule has 2 aliphatic rings. The average molecular weight is 166 g/mol. The van der Waals surface area contributed by atoms with Crippen molar-refractivity contribution in [3.8, 4) is 0 Å². The van der Waals surface area contributed by atoms with E-state index < -0.39 is 0 Å². The van der Waals surface area contributed by atoms with E-state index in [-0.39, 0.29) is 0 Å². The Morgan fingerprint density at radius 2 is 2.50 bits per heavy atom. The second-order valence-electron chi connectivity index (χ2n) is 3.31. The van der Waals surface area contributed by atoms with E-state index in [2.05, 4.69) is 19.1 Å². The van der Waals surface area contributed by atoms with Gasteiger partial charge in [0, 0.05) is 6.42 Å². The molecular formula is C10H14O2. The van der Waals surface area contributed by atoms with Gasteiger partial charge in [0.1, 0.15) is 12.7 Å². The average Bonchev–Trinajstić information content (AvgIpc) is 2.86. The standard InChI is InChI=1S/C10H14O2/c1-8-4-2-3-5-10(8)12-7-9-6-11-9/h2,4,9H,3,5-7H2,1H3/t9-/m0/s1. The van der Waals surface area contributed by atoms with Crippen molar-refractivity contribution in [2.75, 3.05) is 13.2 Å². The van der Waals surface area contributed by atoms with Crippen LogP contribution in [0.25, 0.3) is 0 Å². The lowest BCUT2D eigenvalue weighted by atomic mass is 10.1. The van der Waals surface area contributed by atoms with E-state index in [4.69, 9.17) is 9.47 Å². The lowest BCUT2D eigenvalue weighted by Gasteiger charge is -2.13. The predicted molar refractivity (Wildman–Crippen MR) is 46.8 cm³/mol. The van der Waals surface area contributed by atoms with Crippen LogP contribution in [-0.2, 0) is 9.47 Å². The lowest BCUT2D eigenvalue weighted by molar-refractivity contribution is 0.172. The summed E-state index contributed by atoms with van der Waals surface area (Å²) in [6.07, 6.45) is 6.85. The molecule has 1 aliphatic carbocycles. The fourth-order valence-corrected chi connectivity index (χ4v) is 1.31. The first-order chi connectivity index (χ1) is 5.86. The van der Waals surface area contributed by atoms with Crippen LogP contribution >= 0.6 is 0 Å². The highest BCUT2D eigenvalue weighted by Crippen LogP contribution is 2.21. The number of rotatable bonds is 3. The van der Waals surface area contributed by atoms with E-state index in [1.165, 1.54) is 5.57 Å². The molecule has 1 saturated heterocycles. The van der Waals surface area contributed by atoms with Crippen LogP contribution in [0, 0.1) is 0 Å². The molecule has 1 aliphatic heterocycles. The molecule has 2 rings (SSSR count). The number of allylic oxidation sites excluding steroid dienone is 4. The molecule has 2 heteroatoms. The van der Waals surface area contributed by atoms with Crippen LogP contribution in [0.2, 0.25) is 0 Å². The minimum absolute atomic E-state index is 0.371. The van der Waals surface area contributed by atoms with Crippen LogP contribution < -0.4 is 0 Å². The second kappa shape index (κ2) is 3.31. The summed E-state index contributed by atoms with van der Waals surface area (Å²) >= 11 is 0. The van der Waals surface area contributed by atoms with Gasteiger partial charge in [-0.3, -0.25) is 0 Å². The Balaban J connectivity index is 1.87. The maximum atomic E-state index is 5.62. The Kier molecular flexibility index (Phi) is 2.17. The molecule has 1 atom stereocenters. The number of epoxide rings is 1. The largest absolute Gasteiger partial charge is 0.495 e. The van der Waals surface area contributed by atoms with Crippen LogP contribution in [0.3, 0.4) is 0 Å². The van der Waals surface area contributed by atoms with Gasteiger partial charge in [0.2, 0.25) is 0 Å². The van der Waals surface area contributed by atoms with Crippen molar-refractivity contribution in [3.05, 3.63) is 23.5 Å². The summed E-state index contributed by atoms with van der Waals surface area (Å²) in [6, 6.07) is 0. The molecule has 0 aromatic rings. The normalized spacial score (nSPS) is 27.6. The Hall–Kier alpha value is -0.760. The summed E-state index contributed by atoms with van der Waals surface area (Å²) in [7, 11) is 0. The van der Waals surface area contributed by atoms with Gasteiger partial charge in [0.15, 0.2) is 0 Å². The third-order valence-corrected chi connectivity index (χ3v) is 2.19. The smallest absolute Gasteiger partial charge is 0.116 e. The highest BCUT2D eigenvalue weighted by Gasteiger charge is 2.23. The monoisotopic (exact) mass is 166 g/mol. The van der Waals surface area contributed by atoms with Crippen molar-refractivity contribution in [2.24, 2.45) is 0 Å². The minimum atomic E-state index is 0.371. The fraction of sp³-hybridized carbons (Fsp3) is 0.600. The summed E-state index contributed by atoms with van der Waals surface area (Å²) in [5.41, 5.74) is 1.27. The van der Waals surface area contributed by atoms with Gasteiger partial charge in [-0.2, -0.15) is 0 Å². The summed E-state index contributed by atoms with van der Waals surface area (Å²) in [5, 5.41) is 0. The Labute approximate surface area is 72.9 Å². The second-order valence-corrected chi connectivity index (χ2v) is 3.31. The highest BCUT2D eigenvalue weighted by molar-refractivity contribution is 5.23. The molecule has 0 aromatic carbocycles. The van der Waals surface area contributed by atoms with Crippen molar-refractivity contribution in [1.29, 1.82) is 0 Å². The predicted octanol–water partition coefficient (Wildman–Crippen LogP) is 2.03. The summed E-state index contributed by atoms with van der Waals surface area (Å²) < 4.78 is 10.7. The van der Waals surface area contributed by atoms with Gasteiger partial charge in [0.05, 0.1) is 12.4 Å². The molecule has 0 radical (unpaired) electrons. The minimum Gasteiger partial charge on any atom is -0.495 e. The first-order valence-electron chi connectivity index (χ1n) is 4.47. The molecule has 1 heterocycles. The zero-order valence-corrected chi connectivity index (χ0v) is 7.38. The third-order valence-electron chi connectivity index (χ3n) is 2.19. The highest BCUT2D eigenvalue weighted by atomic mass is 16.6. The van der Waals surface area contributed by atoms with Crippen LogP contribution in [0.1, 0.15) is 19.8 Å². The molecule has 0 unspecified atom stereocenters. The van der Waals surface area contributed by atoms with E-state index in [0.717, 1.165) is 31.8 Å². The molecule has 1 fully saturated rings. The first kappa shape index (κ1) is 7.87. The fourth-order valence-electron chi connectivity index (χ4n) is 1.31. The Morgan fingerprint density at radius 3 is 3.17 bits per heavy atom. The number of ether oxygens (including phenoxy) is 2. The van der Waals surface area contributed by atoms with E-state index in [0.29, 0.717) is 6.10 Å². The molecule has 2 nitrogen and oxygen atoms in total. The maximum absolute atomic E-state index is 5.62. The van der Waals surface area contributed by atoms with Gasteiger partial charge in [0.25, 0.3) is 0 Å². The van der Waals surface area contributed by atoms with Crippen molar-refractivity contribution in [2.45, 2.75) is 25.9 Å². The zero-order valence-electron chi connectivity index (χ0n) is 7.38. The maximum Gasteiger partial charge on any atom is 0.116 e. The Bertz CT molecular complexity index is 224. The molecule has 0 aromatic heterocycles. The molecular weight excluding hydrogens is 152 g/mol. The van der Waals surface area contributed by atoms with Crippen molar-refractivity contribution in [1.82, 2.24) is 0 Å². The first-order valence-corrected chi connectivity index (χ1v) is 4.47. The van der Waals surface area contributed by atoms with Gasteiger partial charge < -0.3 is 9.47 Å². The topological polar surface area (TPSA) is 21.8 Å². The van der Waals surface area contributed by atoms with Crippen LogP contribution in [0.5, 0.6) is 0 Å². The Morgan fingerprint density at radius 1 is 1.67 bits per heavy atom. The van der Waals surface area contributed by atoms with Gasteiger partial charge in [-0.1, -0.05) is 12.2 Å². The number of hydrogen-bond donors (Lipinski definition) is 0. The van der Waals surface area contributed by atoms with Crippen LogP contribution in [-0.4, -0.2) is 19.3 Å². The lowest BCUT2D eigenvalue weighted by Crippen LogP contribution is -2.04. The zero-order chi connectivity index (χ0) is 8.39. The SMILES string of the molecule is CC1=C(OC[C@@H]2CO2)CCC=C1. The summed E-state index contributed by atoms with van der Waals surface area (Å²) in [4.78, 5) is 0.